The van der Waals surface area contributed by atoms with E-state index in [1.807, 2.05) is 36.4 Å². The number of benzene rings is 3. The number of aliphatic hydroxyl groups excluding tert-OH is 1. The average Bonchev–Trinajstić information content (AvgIpc) is 2.99. The molecule has 2 unspecified atom stereocenters. The van der Waals surface area contributed by atoms with Gasteiger partial charge in [-0.15, -0.1) is 0 Å². The number of para-hydroxylation sites is 2. The molecular formula is C27H27NO7. The molecule has 8 nitrogen and oxygen atoms in total. The Hall–Kier alpha value is -3.88. The number of ether oxygens (including phenoxy) is 2. The predicted molar refractivity (Wildman–Crippen MR) is 129 cm³/mol. The van der Waals surface area contributed by atoms with Crippen molar-refractivity contribution >= 4 is 23.4 Å². The van der Waals surface area contributed by atoms with E-state index < -0.39 is 37.0 Å². The third-order valence-corrected chi connectivity index (χ3v) is 6.02. The van der Waals surface area contributed by atoms with Crippen LogP contribution in [0, 0.1) is 0 Å². The number of nitrogens with zero attached hydrogens (tertiary/aromatic N) is 1. The molecule has 0 spiro atoms. The highest BCUT2D eigenvalue weighted by molar-refractivity contribution is 5.95. The minimum Gasteiger partial charge on any atom is -0.482 e. The molecule has 3 aromatic rings. The van der Waals surface area contributed by atoms with Crippen LogP contribution >= 0.6 is 0 Å². The zero-order valence-corrected chi connectivity index (χ0v) is 19.0. The molecule has 1 aliphatic rings. The fourth-order valence-electron chi connectivity index (χ4n) is 4.25. The van der Waals surface area contributed by atoms with Crippen LogP contribution in [0.3, 0.4) is 0 Å². The monoisotopic (exact) mass is 477 g/mol. The molecule has 0 saturated carbocycles. The first kappa shape index (κ1) is 24.3. The van der Waals surface area contributed by atoms with E-state index in [9.17, 15) is 19.8 Å². The van der Waals surface area contributed by atoms with Crippen molar-refractivity contribution in [3.63, 3.8) is 0 Å². The third kappa shape index (κ3) is 5.62. The quantitative estimate of drug-likeness (QED) is 0.444. The second-order valence-electron chi connectivity index (χ2n) is 8.47. The molecule has 8 heteroatoms. The lowest BCUT2D eigenvalue weighted by atomic mass is 9.90. The highest BCUT2D eigenvalue weighted by Gasteiger charge is 2.41. The lowest BCUT2D eigenvalue weighted by Crippen LogP contribution is -2.49. The molecule has 35 heavy (non-hydrogen) atoms. The number of fused-ring (bicyclic) bond motifs is 1. The molecule has 0 bridgehead atoms. The molecule has 4 rings (SSSR count). The van der Waals surface area contributed by atoms with Crippen molar-refractivity contribution in [1.82, 2.24) is 0 Å². The van der Waals surface area contributed by atoms with Crippen LogP contribution in [0.5, 0.6) is 5.75 Å². The van der Waals surface area contributed by atoms with E-state index in [1.54, 1.807) is 42.5 Å². The summed E-state index contributed by atoms with van der Waals surface area (Å²) in [6.45, 7) is -0.918. The van der Waals surface area contributed by atoms with Gasteiger partial charge >= 0.3 is 12.1 Å². The molecule has 2 atom stereocenters. The van der Waals surface area contributed by atoms with Gasteiger partial charge in [-0.2, -0.15) is 0 Å². The SMILES string of the molecule is O=C(O)COc1cccc2c1CCC(O)C(O)(COC(=O)N(c1ccccc1)c1ccccc1)C2. The average molecular weight is 478 g/mol. The molecule has 1 aliphatic carbocycles. The van der Waals surface area contributed by atoms with Crippen molar-refractivity contribution < 1.29 is 34.4 Å². The van der Waals surface area contributed by atoms with Gasteiger partial charge in [0.25, 0.3) is 0 Å². The largest absolute Gasteiger partial charge is 0.482 e. The topological polar surface area (TPSA) is 117 Å². The van der Waals surface area contributed by atoms with Crippen molar-refractivity contribution in [2.45, 2.75) is 31.0 Å². The Kier molecular flexibility index (Phi) is 7.33. The summed E-state index contributed by atoms with van der Waals surface area (Å²) in [6, 6.07) is 23.2. The van der Waals surface area contributed by atoms with E-state index in [2.05, 4.69) is 0 Å². The summed E-state index contributed by atoms with van der Waals surface area (Å²) in [5, 5.41) is 31.1. The molecular weight excluding hydrogens is 450 g/mol. The number of anilines is 2. The maximum absolute atomic E-state index is 13.2. The summed E-state index contributed by atoms with van der Waals surface area (Å²) in [7, 11) is 0. The van der Waals surface area contributed by atoms with Gasteiger partial charge in [-0.3, -0.25) is 0 Å². The zero-order valence-electron chi connectivity index (χ0n) is 19.0. The lowest BCUT2D eigenvalue weighted by molar-refractivity contribution is -0.139. The third-order valence-electron chi connectivity index (χ3n) is 6.02. The molecule has 0 saturated heterocycles. The van der Waals surface area contributed by atoms with E-state index >= 15 is 0 Å². The first-order valence-corrected chi connectivity index (χ1v) is 11.3. The Bertz CT molecular complexity index is 1130. The van der Waals surface area contributed by atoms with E-state index in [0.717, 1.165) is 5.56 Å². The Balaban J connectivity index is 1.54. The number of aliphatic carboxylic acids is 1. The number of hydrogen-bond acceptors (Lipinski definition) is 6. The second-order valence-corrected chi connectivity index (χ2v) is 8.47. The van der Waals surface area contributed by atoms with Crippen LogP contribution in [0.4, 0.5) is 16.2 Å². The van der Waals surface area contributed by atoms with Gasteiger partial charge < -0.3 is 24.8 Å². The second kappa shape index (κ2) is 10.6. The summed E-state index contributed by atoms with van der Waals surface area (Å²) in [6.07, 6.45) is -1.28. The number of carbonyl (C=O) groups is 2. The summed E-state index contributed by atoms with van der Waals surface area (Å²) in [4.78, 5) is 25.5. The maximum Gasteiger partial charge on any atom is 0.419 e. The fourth-order valence-corrected chi connectivity index (χ4v) is 4.25. The van der Waals surface area contributed by atoms with E-state index in [-0.39, 0.29) is 12.8 Å². The Morgan fingerprint density at radius 3 is 2.17 bits per heavy atom. The Morgan fingerprint density at radius 1 is 0.943 bits per heavy atom. The van der Waals surface area contributed by atoms with Crippen LogP contribution in [-0.4, -0.2) is 52.3 Å². The van der Waals surface area contributed by atoms with Crippen LogP contribution in [0.2, 0.25) is 0 Å². The molecule has 1 amide bonds. The highest BCUT2D eigenvalue weighted by Crippen LogP contribution is 2.34. The van der Waals surface area contributed by atoms with E-state index in [4.69, 9.17) is 14.6 Å². The van der Waals surface area contributed by atoms with Gasteiger partial charge in [0.2, 0.25) is 0 Å². The summed E-state index contributed by atoms with van der Waals surface area (Å²) < 4.78 is 11.0. The number of amides is 1. The van der Waals surface area contributed by atoms with E-state index in [0.29, 0.717) is 29.1 Å². The number of rotatable bonds is 7. The smallest absolute Gasteiger partial charge is 0.419 e. The number of aliphatic hydroxyl groups is 2. The molecule has 3 aromatic carbocycles. The number of carbonyl (C=O) groups excluding carboxylic acids is 1. The van der Waals surface area contributed by atoms with Crippen LogP contribution in [0.25, 0.3) is 0 Å². The van der Waals surface area contributed by atoms with Gasteiger partial charge in [-0.05, 0) is 54.3 Å². The normalized spacial score (nSPS) is 19.2. The predicted octanol–water partition coefficient (Wildman–Crippen LogP) is 3.71. The molecule has 0 fully saturated rings. The lowest BCUT2D eigenvalue weighted by Gasteiger charge is -2.32. The van der Waals surface area contributed by atoms with Crippen LogP contribution < -0.4 is 9.64 Å². The Morgan fingerprint density at radius 2 is 1.57 bits per heavy atom. The molecule has 0 aromatic heterocycles. The van der Waals surface area contributed by atoms with Crippen LogP contribution in [0.15, 0.2) is 78.9 Å². The van der Waals surface area contributed by atoms with Crippen LogP contribution in [-0.2, 0) is 22.4 Å². The summed E-state index contributed by atoms with van der Waals surface area (Å²) in [5.74, 6) is -0.696. The van der Waals surface area contributed by atoms with E-state index in [1.165, 1.54) is 4.90 Å². The first-order chi connectivity index (χ1) is 16.9. The molecule has 0 aliphatic heterocycles. The van der Waals surface area contributed by atoms with Crippen molar-refractivity contribution in [2.75, 3.05) is 18.1 Å². The summed E-state index contributed by atoms with van der Waals surface area (Å²) in [5.41, 5.74) is 0.896. The van der Waals surface area contributed by atoms with Gasteiger partial charge in [0.05, 0.1) is 17.5 Å². The van der Waals surface area contributed by atoms with Gasteiger partial charge in [0.1, 0.15) is 18.0 Å². The Labute approximate surface area is 203 Å². The van der Waals surface area contributed by atoms with Crippen molar-refractivity contribution in [3.05, 3.63) is 90.0 Å². The number of hydrogen-bond donors (Lipinski definition) is 3. The fraction of sp³-hybridized carbons (Fsp3) is 0.259. The maximum atomic E-state index is 13.2. The summed E-state index contributed by atoms with van der Waals surface area (Å²) >= 11 is 0. The minimum absolute atomic E-state index is 0.0116. The van der Waals surface area contributed by atoms with Gasteiger partial charge in [0.15, 0.2) is 6.61 Å². The number of carboxylic acid groups (broad SMARTS) is 1. The standard InChI is InChI=1S/C27H27NO7/c29-24-15-14-22-19(8-7-13-23(22)34-17-25(30)31)16-27(24,33)18-35-26(32)28(20-9-3-1-4-10-20)21-11-5-2-6-12-21/h1-13,24,29,33H,14-18H2,(H,30,31). The molecule has 182 valence electrons. The molecule has 0 radical (unpaired) electrons. The molecule has 0 heterocycles. The number of carboxylic acids is 1. The molecule has 3 N–H and O–H groups in total. The van der Waals surface area contributed by atoms with Crippen molar-refractivity contribution in [1.29, 1.82) is 0 Å². The first-order valence-electron chi connectivity index (χ1n) is 11.3. The van der Waals surface area contributed by atoms with Crippen molar-refractivity contribution in [3.8, 4) is 5.75 Å². The van der Waals surface area contributed by atoms with Gasteiger partial charge in [-0.1, -0.05) is 48.5 Å². The van der Waals surface area contributed by atoms with Crippen LogP contribution in [0.1, 0.15) is 17.5 Å². The zero-order chi connectivity index (χ0) is 24.8. The highest BCUT2D eigenvalue weighted by atomic mass is 16.6. The van der Waals surface area contributed by atoms with Gasteiger partial charge in [-0.25, -0.2) is 14.5 Å². The minimum atomic E-state index is -1.73. The van der Waals surface area contributed by atoms with Gasteiger partial charge in [0, 0.05) is 6.42 Å². The van der Waals surface area contributed by atoms with Crippen molar-refractivity contribution in [2.24, 2.45) is 0 Å².